The van der Waals surface area contributed by atoms with Gasteiger partial charge in [0.25, 0.3) is 0 Å². The number of hydrogen-bond acceptors (Lipinski definition) is 6. The molecule has 0 amide bonds. The van der Waals surface area contributed by atoms with E-state index in [1.165, 1.54) is 0 Å². The number of thioether (sulfide) groups is 1. The third-order valence-corrected chi connectivity index (χ3v) is 9.10. The summed E-state index contributed by atoms with van der Waals surface area (Å²) in [5.41, 5.74) is 2.04. The van der Waals surface area contributed by atoms with Crippen LogP contribution >= 0.6 is 23.1 Å². The Hall–Kier alpha value is -0.930. The van der Waals surface area contributed by atoms with E-state index < -0.39 is 10.0 Å². The summed E-state index contributed by atoms with van der Waals surface area (Å²) in [6, 6.07) is 7.08. The van der Waals surface area contributed by atoms with Gasteiger partial charge < -0.3 is 4.74 Å². The normalized spacial score (nSPS) is 22.6. The van der Waals surface area contributed by atoms with E-state index in [9.17, 15) is 8.42 Å². The van der Waals surface area contributed by atoms with Crippen LogP contribution in [0.5, 0.6) is 0 Å². The van der Waals surface area contributed by atoms with Crippen molar-refractivity contribution in [1.29, 1.82) is 0 Å². The van der Waals surface area contributed by atoms with Gasteiger partial charge in [0.2, 0.25) is 10.0 Å². The summed E-state index contributed by atoms with van der Waals surface area (Å²) >= 11 is 3.48. The summed E-state index contributed by atoms with van der Waals surface area (Å²) in [4.78, 5) is 4.81. The maximum absolute atomic E-state index is 12.7. The van der Waals surface area contributed by atoms with Crippen molar-refractivity contribution in [1.82, 2.24) is 9.29 Å². The Bertz CT molecular complexity index is 887. The standard InChI is InChI=1S/C18H22N2O3S3/c1-13-3-5-17(6-4-13)26(21,22)20-11-18(12-20)7-16(10-25-18)23-8-15-9-24-14(2)19-15/h3-6,9,16H,7-8,10-12H2,1-2H3/t16-/m1/s1. The first-order chi connectivity index (χ1) is 12.4. The van der Waals surface area contributed by atoms with Crippen LogP contribution in [-0.4, -0.2) is 47.4 Å². The molecule has 0 unspecified atom stereocenters. The molecular formula is C18H22N2O3S3. The highest BCUT2D eigenvalue weighted by Crippen LogP contribution is 2.47. The maximum Gasteiger partial charge on any atom is 0.243 e. The minimum Gasteiger partial charge on any atom is -0.371 e. The van der Waals surface area contributed by atoms with Crippen LogP contribution in [0, 0.1) is 13.8 Å². The molecule has 2 aromatic rings. The number of nitrogens with zero attached hydrogens (tertiary/aromatic N) is 2. The molecule has 2 saturated heterocycles. The molecule has 0 bridgehead atoms. The van der Waals surface area contributed by atoms with Gasteiger partial charge in [-0.15, -0.1) is 23.1 Å². The average Bonchev–Trinajstić information content (AvgIpc) is 3.18. The van der Waals surface area contributed by atoms with Crippen LogP contribution in [0.3, 0.4) is 0 Å². The SMILES string of the molecule is Cc1ccc(S(=O)(=O)N2CC3(C[C@@H](OCc4csc(C)n4)CS3)C2)cc1. The first-order valence-corrected chi connectivity index (χ1v) is 11.9. The Morgan fingerprint density at radius 3 is 2.65 bits per heavy atom. The number of hydrogen-bond donors (Lipinski definition) is 0. The average molecular weight is 411 g/mol. The van der Waals surface area contributed by atoms with E-state index in [4.69, 9.17) is 4.74 Å². The second kappa shape index (κ2) is 6.91. The van der Waals surface area contributed by atoms with Gasteiger partial charge in [-0.25, -0.2) is 13.4 Å². The van der Waals surface area contributed by atoms with Gasteiger partial charge in [-0.2, -0.15) is 4.31 Å². The molecule has 0 radical (unpaired) electrons. The summed E-state index contributed by atoms with van der Waals surface area (Å²) in [5, 5.41) is 3.09. The summed E-state index contributed by atoms with van der Waals surface area (Å²) in [6.07, 6.45) is 1.08. The third-order valence-electron chi connectivity index (χ3n) is 4.90. The first-order valence-electron chi connectivity index (χ1n) is 8.60. The van der Waals surface area contributed by atoms with Crippen molar-refractivity contribution in [2.24, 2.45) is 0 Å². The van der Waals surface area contributed by atoms with Crippen LogP contribution in [0.4, 0.5) is 0 Å². The Kier molecular flexibility index (Phi) is 4.90. The molecule has 2 fully saturated rings. The number of thiazole rings is 1. The van der Waals surface area contributed by atoms with E-state index in [2.05, 4.69) is 4.98 Å². The predicted molar refractivity (Wildman–Crippen MR) is 105 cm³/mol. The van der Waals surface area contributed by atoms with Crippen molar-refractivity contribution in [3.05, 3.63) is 45.9 Å². The zero-order chi connectivity index (χ0) is 18.4. The van der Waals surface area contributed by atoms with Crippen LogP contribution in [0.2, 0.25) is 0 Å². The van der Waals surface area contributed by atoms with Gasteiger partial charge >= 0.3 is 0 Å². The minimum atomic E-state index is -3.38. The molecule has 2 aliphatic rings. The fourth-order valence-electron chi connectivity index (χ4n) is 3.43. The molecule has 1 aromatic carbocycles. The molecular weight excluding hydrogens is 388 g/mol. The number of aromatic nitrogens is 1. The maximum atomic E-state index is 12.7. The zero-order valence-corrected chi connectivity index (χ0v) is 17.3. The van der Waals surface area contributed by atoms with Gasteiger partial charge in [0.05, 0.1) is 28.3 Å². The molecule has 0 N–H and O–H groups in total. The molecule has 8 heteroatoms. The molecule has 26 heavy (non-hydrogen) atoms. The van der Waals surface area contributed by atoms with Crippen molar-refractivity contribution in [2.75, 3.05) is 18.8 Å². The first kappa shape index (κ1) is 18.4. The van der Waals surface area contributed by atoms with Crippen LogP contribution in [0.15, 0.2) is 34.5 Å². The summed E-state index contributed by atoms with van der Waals surface area (Å²) in [7, 11) is -3.38. The van der Waals surface area contributed by atoms with Crippen LogP contribution in [0.1, 0.15) is 22.7 Å². The lowest BCUT2D eigenvalue weighted by Gasteiger charge is -2.46. The molecule has 0 saturated carbocycles. The summed E-state index contributed by atoms with van der Waals surface area (Å²) in [5.74, 6) is 0.918. The van der Waals surface area contributed by atoms with Crippen LogP contribution < -0.4 is 0 Å². The minimum absolute atomic E-state index is 0.0143. The third kappa shape index (κ3) is 3.57. The fraction of sp³-hybridized carbons (Fsp3) is 0.500. The number of rotatable bonds is 5. The molecule has 3 heterocycles. The second-order valence-electron chi connectivity index (χ2n) is 7.08. The van der Waals surface area contributed by atoms with Crippen molar-refractivity contribution in [2.45, 2.75) is 42.6 Å². The van der Waals surface area contributed by atoms with E-state index in [1.807, 2.05) is 43.1 Å². The van der Waals surface area contributed by atoms with Gasteiger partial charge in [0.1, 0.15) is 0 Å². The number of aryl methyl sites for hydroxylation is 2. The highest BCUT2D eigenvalue weighted by Gasteiger charge is 2.53. The van der Waals surface area contributed by atoms with E-state index in [0.29, 0.717) is 24.6 Å². The number of benzene rings is 1. The van der Waals surface area contributed by atoms with E-state index >= 15 is 0 Å². The monoisotopic (exact) mass is 410 g/mol. The fourth-order valence-corrected chi connectivity index (χ4v) is 7.36. The van der Waals surface area contributed by atoms with Gasteiger partial charge in [-0.05, 0) is 32.4 Å². The zero-order valence-electron chi connectivity index (χ0n) is 14.8. The summed E-state index contributed by atoms with van der Waals surface area (Å²) in [6.45, 7) is 5.63. The molecule has 4 rings (SSSR count). The highest BCUT2D eigenvalue weighted by atomic mass is 32.2. The van der Waals surface area contributed by atoms with Gasteiger partial charge in [0.15, 0.2) is 0 Å². The van der Waals surface area contributed by atoms with Crippen LogP contribution in [-0.2, 0) is 21.4 Å². The Labute approximate surface area is 162 Å². The quantitative estimate of drug-likeness (QED) is 0.757. The van der Waals surface area contributed by atoms with Gasteiger partial charge in [-0.3, -0.25) is 0 Å². The van der Waals surface area contributed by atoms with Gasteiger partial charge in [0, 0.05) is 29.0 Å². The predicted octanol–water partition coefficient (Wildman–Crippen LogP) is 3.23. The van der Waals surface area contributed by atoms with Crippen molar-refractivity contribution in [3.8, 4) is 0 Å². The van der Waals surface area contributed by atoms with Crippen molar-refractivity contribution >= 4 is 33.1 Å². The molecule has 140 valence electrons. The Morgan fingerprint density at radius 2 is 2.00 bits per heavy atom. The number of ether oxygens (including phenoxy) is 1. The smallest absolute Gasteiger partial charge is 0.243 e. The molecule has 5 nitrogen and oxygen atoms in total. The van der Waals surface area contributed by atoms with E-state index in [0.717, 1.165) is 28.4 Å². The summed E-state index contributed by atoms with van der Waals surface area (Å²) < 4.78 is 33.1. The largest absolute Gasteiger partial charge is 0.371 e. The van der Waals surface area contributed by atoms with Crippen molar-refractivity contribution in [3.63, 3.8) is 0 Å². The van der Waals surface area contributed by atoms with Gasteiger partial charge in [-0.1, -0.05) is 17.7 Å². The second-order valence-corrected chi connectivity index (χ2v) is 11.6. The molecule has 0 aliphatic carbocycles. The molecule has 1 atom stereocenters. The Balaban J connectivity index is 1.33. The molecule has 1 spiro atoms. The lowest BCUT2D eigenvalue weighted by molar-refractivity contribution is 0.0382. The molecule has 1 aromatic heterocycles. The lowest BCUT2D eigenvalue weighted by atomic mass is 9.95. The van der Waals surface area contributed by atoms with E-state index in [1.54, 1.807) is 27.8 Å². The van der Waals surface area contributed by atoms with Crippen molar-refractivity contribution < 1.29 is 13.2 Å². The Morgan fingerprint density at radius 1 is 1.27 bits per heavy atom. The topological polar surface area (TPSA) is 59.5 Å². The molecule has 2 aliphatic heterocycles. The van der Waals surface area contributed by atoms with E-state index in [-0.39, 0.29) is 10.9 Å². The van der Waals surface area contributed by atoms with Crippen LogP contribution in [0.25, 0.3) is 0 Å². The number of sulfonamides is 1. The highest BCUT2D eigenvalue weighted by molar-refractivity contribution is 8.01. The lowest BCUT2D eigenvalue weighted by Crippen LogP contribution is -2.60.